The Balaban J connectivity index is 2.24. The highest BCUT2D eigenvalue weighted by Crippen LogP contribution is 2.21. The summed E-state index contributed by atoms with van der Waals surface area (Å²) in [5.74, 6) is -0.263. The average molecular weight is 298 g/mol. The molecule has 0 unspecified atom stereocenters. The second-order valence-corrected chi connectivity index (χ2v) is 4.48. The summed E-state index contributed by atoms with van der Waals surface area (Å²) in [6.45, 7) is 3.70. The number of aromatic nitrogens is 2. The van der Waals surface area contributed by atoms with E-state index in [0.29, 0.717) is 4.47 Å². The van der Waals surface area contributed by atoms with Crippen LogP contribution in [0.3, 0.4) is 0 Å². The number of rotatable bonds is 4. The molecule has 0 radical (unpaired) electrons. The summed E-state index contributed by atoms with van der Waals surface area (Å²) in [7, 11) is 0. The van der Waals surface area contributed by atoms with Crippen LogP contribution in [-0.2, 0) is 6.54 Å². The van der Waals surface area contributed by atoms with Gasteiger partial charge < -0.3 is 5.32 Å². The first-order chi connectivity index (χ1) is 8.20. The van der Waals surface area contributed by atoms with E-state index >= 15 is 0 Å². The van der Waals surface area contributed by atoms with Gasteiger partial charge in [-0.15, -0.1) is 0 Å². The zero-order chi connectivity index (χ0) is 12.3. The molecule has 0 bridgehead atoms. The molecular weight excluding hydrogens is 285 g/mol. The van der Waals surface area contributed by atoms with E-state index in [1.54, 1.807) is 10.7 Å². The normalized spacial score (nSPS) is 10.8. The van der Waals surface area contributed by atoms with Crippen molar-refractivity contribution in [3.05, 3.63) is 46.4 Å². The van der Waals surface area contributed by atoms with Gasteiger partial charge in [-0.25, -0.2) is 9.07 Å². The molecule has 3 nitrogen and oxygen atoms in total. The highest BCUT2D eigenvalue weighted by atomic mass is 79.9. The molecule has 2 rings (SSSR count). The van der Waals surface area contributed by atoms with E-state index in [-0.39, 0.29) is 5.82 Å². The van der Waals surface area contributed by atoms with Crippen LogP contribution >= 0.6 is 15.9 Å². The van der Waals surface area contributed by atoms with Crippen molar-refractivity contribution < 1.29 is 4.39 Å². The highest BCUT2D eigenvalue weighted by molar-refractivity contribution is 9.10. The number of halogens is 2. The molecule has 0 atom stereocenters. The van der Waals surface area contributed by atoms with Crippen LogP contribution in [0.1, 0.15) is 12.6 Å². The van der Waals surface area contributed by atoms with Gasteiger partial charge in [-0.2, -0.15) is 5.10 Å². The first kappa shape index (κ1) is 12.3. The Labute approximate surface area is 108 Å². The summed E-state index contributed by atoms with van der Waals surface area (Å²) in [6.07, 6.45) is 1.87. The number of benzene rings is 1. The van der Waals surface area contributed by atoms with Crippen molar-refractivity contribution in [3.63, 3.8) is 0 Å². The van der Waals surface area contributed by atoms with Crippen molar-refractivity contribution in [2.45, 2.75) is 13.5 Å². The molecule has 0 aliphatic rings. The minimum atomic E-state index is -0.263. The molecule has 90 valence electrons. The third-order valence-corrected chi connectivity index (χ3v) is 2.99. The molecule has 0 aliphatic heterocycles. The highest BCUT2D eigenvalue weighted by Gasteiger charge is 2.05. The van der Waals surface area contributed by atoms with Gasteiger partial charge in [0, 0.05) is 17.2 Å². The van der Waals surface area contributed by atoms with E-state index < -0.39 is 0 Å². The lowest BCUT2D eigenvalue weighted by Gasteiger charge is -2.04. The number of hydrogen-bond donors (Lipinski definition) is 1. The SMILES string of the molecule is CCNCc1ccn(-c2ccc(F)cc2Br)n1. The van der Waals surface area contributed by atoms with Crippen LogP contribution in [-0.4, -0.2) is 16.3 Å². The van der Waals surface area contributed by atoms with Crippen molar-refractivity contribution in [2.75, 3.05) is 6.54 Å². The Kier molecular flexibility index (Phi) is 3.91. The van der Waals surface area contributed by atoms with Crippen LogP contribution in [0, 0.1) is 5.82 Å². The number of hydrogen-bond acceptors (Lipinski definition) is 2. The predicted molar refractivity (Wildman–Crippen MR) is 68.6 cm³/mol. The van der Waals surface area contributed by atoms with Gasteiger partial charge in [0.25, 0.3) is 0 Å². The lowest BCUT2D eigenvalue weighted by Crippen LogP contribution is -2.12. The monoisotopic (exact) mass is 297 g/mol. The fourth-order valence-electron chi connectivity index (χ4n) is 1.51. The second kappa shape index (κ2) is 5.42. The largest absolute Gasteiger partial charge is 0.311 e. The quantitative estimate of drug-likeness (QED) is 0.940. The Morgan fingerprint density at radius 3 is 2.94 bits per heavy atom. The third kappa shape index (κ3) is 2.92. The maximum Gasteiger partial charge on any atom is 0.124 e. The van der Waals surface area contributed by atoms with Crippen LogP contribution in [0.5, 0.6) is 0 Å². The standard InChI is InChI=1S/C12H13BrFN3/c1-2-15-8-10-5-6-17(16-10)12-4-3-9(14)7-11(12)13/h3-7,15H,2,8H2,1H3. The van der Waals surface area contributed by atoms with E-state index in [2.05, 4.69) is 26.3 Å². The minimum absolute atomic E-state index is 0.263. The van der Waals surface area contributed by atoms with Gasteiger partial charge in [0.1, 0.15) is 5.82 Å². The van der Waals surface area contributed by atoms with Gasteiger partial charge in [-0.1, -0.05) is 6.92 Å². The van der Waals surface area contributed by atoms with Crippen molar-refractivity contribution in [2.24, 2.45) is 0 Å². The third-order valence-electron chi connectivity index (χ3n) is 2.36. The van der Waals surface area contributed by atoms with Crippen molar-refractivity contribution in [1.29, 1.82) is 0 Å². The van der Waals surface area contributed by atoms with Gasteiger partial charge in [-0.3, -0.25) is 0 Å². The molecule has 0 saturated heterocycles. The summed E-state index contributed by atoms with van der Waals surface area (Å²) in [5, 5.41) is 7.62. The predicted octanol–water partition coefficient (Wildman–Crippen LogP) is 2.88. The summed E-state index contributed by atoms with van der Waals surface area (Å²) >= 11 is 3.33. The minimum Gasteiger partial charge on any atom is -0.311 e. The molecule has 0 saturated carbocycles. The van der Waals surface area contributed by atoms with Crippen LogP contribution in [0.25, 0.3) is 5.69 Å². The van der Waals surface area contributed by atoms with E-state index in [1.807, 2.05) is 19.2 Å². The Hall–Kier alpha value is -1.20. The maximum atomic E-state index is 13.0. The zero-order valence-electron chi connectivity index (χ0n) is 9.45. The Bertz CT molecular complexity index is 510. The fourth-order valence-corrected chi connectivity index (χ4v) is 2.04. The smallest absolute Gasteiger partial charge is 0.124 e. The van der Waals surface area contributed by atoms with Crippen LogP contribution < -0.4 is 5.32 Å². The van der Waals surface area contributed by atoms with Gasteiger partial charge >= 0.3 is 0 Å². The summed E-state index contributed by atoms with van der Waals surface area (Å²) in [4.78, 5) is 0. The van der Waals surface area contributed by atoms with Crippen LogP contribution in [0.2, 0.25) is 0 Å². The molecule has 17 heavy (non-hydrogen) atoms. The van der Waals surface area contributed by atoms with E-state index in [1.165, 1.54) is 12.1 Å². The van der Waals surface area contributed by atoms with Crippen molar-refractivity contribution >= 4 is 15.9 Å². The van der Waals surface area contributed by atoms with Crippen molar-refractivity contribution in [3.8, 4) is 5.69 Å². The first-order valence-corrected chi connectivity index (χ1v) is 6.20. The van der Waals surface area contributed by atoms with Gasteiger partial charge in [0.2, 0.25) is 0 Å². The molecule has 1 aromatic heterocycles. The average Bonchev–Trinajstić information content (AvgIpc) is 2.75. The summed E-state index contributed by atoms with van der Waals surface area (Å²) in [6, 6.07) is 6.49. The summed E-state index contributed by atoms with van der Waals surface area (Å²) < 4.78 is 15.4. The molecular formula is C12H13BrFN3. The van der Waals surface area contributed by atoms with E-state index in [0.717, 1.165) is 24.5 Å². The molecule has 0 fully saturated rings. The fraction of sp³-hybridized carbons (Fsp3) is 0.250. The van der Waals surface area contributed by atoms with Crippen LogP contribution in [0.4, 0.5) is 4.39 Å². The van der Waals surface area contributed by atoms with Gasteiger partial charge in [0.15, 0.2) is 0 Å². The van der Waals surface area contributed by atoms with Gasteiger partial charge in [0.05, 0.1) is 11.4 Å². The molecule has 0 aliphatic carbocycles. The molecule has 2 aromatic rings. The number of nitrogens with one attached hydrogen (secondary N) is 1. The second-order valence-electron chi connectivity index (χ2n) is 3.63. The van der Waals surface area contributed by atoms with Crippen molar-refractivity contribution in [1.82, 2.24) is 15.1 Å². The van der Waals surface area contributed by atoms with E-state index in [4.69, 9.17) is 0 Å². The zero-order valence-corrected chi connectivity index (χ0v) is 11.0. The Morgan fingerprint density at radius 1 is 1.41 bits per heavy atom. The van der Waals surface area contributed by atoms with Crippen LogP contribution in [0.15, 0.2) is 34.9 Å². The molecule has 1 N–H and O–H groups in total. The summed E-state index contributed by atoms with van der Waals surface area (Å²) in [5.41, 5.74) is 1.79. The molecule has 1 aromatic carbocycles. The molecule has 0 amide bonds. The molecule has 5 heteroatoms. The lowest BCUT2D eigenvalue weighted by atomic mass is 10.3. The first-order valence-electron chi connectivity index (χ1n) is 5.41. The maximum absolute atomic E-state index is 13.0. The van der Waals surface area contributed by atoms with Gasteiger partial charge in [-0.05, 0) is 46.7 Å². The number of nitrogens with zero attached hydrogens (tertiary/aromatic N) is 2. The molecule has 1 heterocycles. The topological polar surface area (TPSA) is 29.9 Å². The Morgan fingerprint density at radius 2 is 2.24 bits per heavy atom. The van der Waals surface area contributed by atoms with E-state index in [9.17, 15) is 4.39 Å². The lowest BCUT2D eigenvalue weighted by molar-refractivity contribution is 0.625. The molecule has 0 spiro atoms.